The predicted octanol–water partition coefficient (Wildman–Crippen LogP) is 0.435. The number of hydrogen-bond acceptors (Lipinski definition) is 6. The van der Waals surface area contributed by atoms with E-state index in [1.807, 2.05) is 13.8 Å². The lowest BCUT2D eigenvalue weighted by Crippen LogP contribution is -2.15. The molecule has 0 fully saturated rings. The van der Waals surface area contributed by atoms with E-state index >= 15 is 0 Å². The van der Waals surface area contributed by atoms with E-state index in [1.165, 1.54) is 22.3 Å². The molecule has 7 nitrogen and oxygen atoms in total. The summed E-state index contributed by atoms with van der Waals surface area (Å²) in [7, 11) is 0. The topological polar surface area (TPSA) is 102 Å². The van der Waals surface area contributed by atoms with Crippen LogP contribution in [0.4, 0.5) is 0 Å². The SMILES string of the molecule is Cc1nc(-n2cnc(C(N)=NO)n2)sc1C. The van der Waals surface area contributed by atoms with Crippen molar-refractivity contribution in [1.82, 2.24) is 19.7 Å². The van der Waals surface area contributed by atoms with Gasteiger partial charge in [-0.2, -0.15) is 4.68 Å². The Labute approximate surface area is 95.3 Å². The molecule has 2 rings (SSSR count). The molecule has 8 heteroatoms. The van der Waals surface area contributed by atoms with Gasteiger partial charge in [0.05, 0.1) is 5.69 Å². The van der Waals surface area contributed by atoms with Crippen molar-refractivity contribution >= 4 is 17.2 Å². The quantitative estimate of drug-likeness (QED) is 0.342. The Kier molecular flexibility index (Phi) is 2.57. The molecule has 0 radical (unpaired) electrons. The van der Waals surface area contributed by atoms with Gasteiger partial charge in [0, 0.05) is 4.88 Å². The highest BCUT2D eigenvalue weighted by atomic mass is 32.1. The summed E-state index contributed by atoms with van der Waals surface area (Å²) in [5, 5.41) is 16.1. The van der Waals surface area contributed by atoms with Crippen molar-refractivity contribution in [2.75, 3.05) is 0 Å². The van der Waals surface area contributed by atoms with Crippen LogP contribution in [0.5, 0.6) is 0 Å². The zero-order chi connectivity index (χ0) is 11.7. The van der Waals surface area contributed by atoms with Crippen LogP contribution in [0.15, 0.2) is 11.5 Å². The van der Waals surface area contributed by atoms with Gasteiger partial charge in [-0.25, -0.2) is 9.97 Å². The molecule has 0 saturated carbocycles. The molecule has 0 bridgehead atoms. The average Bonchev–Trinajstić information content (AvgIpc) is 2.86. The van der Waals surface area contributed by atoms with E-state index in [2.05, 4.69) is 20.2 Å². The summed E-state index contributed by atoms with van der Waals surface area (Å²) in [5.74, 6) is 0.0526. The molecule has 0 aliphatic carbocycles. The van der Waals surface area contributed by atoms with Crippen molar-refractivity contribution in [2.45, 2.75) is 13.8 Å². The van der Waals surface area contributed by atoms with Gasteiger partial charge in [-0.15, -0.1) is 5.10 Å². The molecular weight excluding hydrogens is 228 g/mol. The van der Waals surface area contributed by atoms with Gasteiger partial charge in [-0.3, -0.25) is 0 Å². The summed E-state index contributed by atoms with van der Waals surface area (Å²) in [6.45, 7) is 3.91. The third kappa shape index (κ3) is 1.74. The minimum atomic E-state index is -0.122. The molecule has 2 aromatic heterocycles. The molecule has 2 aromatic rings. The van der Waals surface area contributed by atoms with Crippen molar-refractivity contribution in [3.8, 4) is 5.13 Å². The minimum Gasteiger partial charge on any atom is -0.409 e. The maximum absolute atomic E-state index is 8.48. The molecular formula is C8H10N6OS. The fourth-order valence-electron chi connectivity index (χ4n) is 1.07. The van der Waals surface area contributed by atoms with E-state index < -0.39 is 0 Å². The normalized spacial score (nSPS) is 12.0. The van der Waals surface area contributed by atoms with Crippen LogP contribution in [0.1, 0.15) is 16.4 Å². The number of nitrogens with two attached hydrogens (primary N) is 1. The van der Waals surface area contributed by atoms with Crippen LogP contribution in [-0.4, -0.2) is 30.8 Å². The largest absolute Gasteiger partial charge is 0.409 e. The van der Waals surface area contributed by atoms with Gasteiger partial charge in [-0.05, 0) is 13.8 Å². The van der Waals surface area contributed by atoms with Crippen LogP contribution in [-0.2, 0) is 0 Å². The fourth-order valence-corrected chi connectivity index (χ4v) is 1.90. The minimum absolute atomic E-state index is 0.122. The molecule has 0 aromatic carbocycles. The first kappa shape index (κ1) is 10.6. The smallest absolute Gasteiger partial charge is 0.220 e. The van der Waals surface area contributed by atoms with E-state index in [-0.39, 0.29) is 11.7 Å². The lowest BCUT2D eigenvalue weighted by atomic mass is 10.4. The lowest BCUT2D eigenvalue weighted by Gasteiger charge is -1.91. The molecule has 2 heterocycles. The molecule has 3 N–H and O–H groups in total. The number of oxime groups is 1. The summed E-state index contributed by atoms with van der Waals surface area (Å²) in [5.41, 5.74) is 6.32. The van der Waals surface area contributed by atoms with E-state index in [0.29, 0.717) is 5.13 Å². The summed E-state index contributed by atoms with van der Waals surface area (Å²) in [6, 6.07) is 0. The summed E-state index contributed by atoms with van der Waals surface area (Å²) < 4.78 is 1.50. The summed E-state index contributed by atoms with van der Waals surface area (Å²) in [6.07, 6.45) is 1.48. The zero-order valence-corrected chi connectivity index (χ0v) is 9.56. The van der Waals surface area contributed by atoms with Crippen molar-refractivity contribution in [1.29, 1.82) is 0 Å². The van der Waals surface area contributed by atoms with Gasteiger partial charge in [0.2, 0.25) is 16.8 Å². The van der Waals surface area contributed by atoms with Crippen LogP contribution in [0.3, 0.4) is 0 Å². The number of aromatic nitrogens is 4. The second-order valence-electron chi connectivity index (χ2n) is 3.14. The number of thiazole rings is 1. The molecule has 0 amide bonds. The predicted molar refractivity (Wildman–Crippen MR) is 59.0 cm³/mol. The first-order valence-corrected chi connectivity index (χ1v) is 5.27. The van der Waals surface area contributed by atoms with Crippen molar-refractivity contribution in [2.24, 2.45) is 10.9 Å². The van der Waals surface area contributed by atoms with Crippen molar-refractivity contribution in [3.05, 3.63) is 22.7 Å². The number of nitrogens with zero attached hydrogens (tertiary/aromatic N) is 5. The highest BCUT2D eigenvalue weighted by molar-refractivity contribution is 7.14. The molecule has 16 heavy (non-hydrogen) atoms. The third-order valence-corrected chi connectivity index (χ3v) is 3.10. The lowest BCUT2D eigenvalue weighted by molar-refractivity contribution is 0.318. The highest BCUT2D eigenvalue weighted by Crippen LogP contribution is 2.19. The standard InChI is InChI=1S/C8H10N6OS/c1-4-5(2)16-8(11-4)14-3-10-7(12-14)6(9)13-15/h3,15H,1-2H3,(H2,9,13). The monoisotopic (exact) mass is 238 g/mol. The Morgan fingerprint density at radius 1 is 1.56 bits per heavy atom. The molecule has 0 saturated heterocycles. The number of aryl methyl sites for hydroxylation is 2. The Balaban J connectivity index is 2.38. The van der Waals surface area contributed by atoms with Crippen LogP contribution in [0.2, 0.25) is 0 Å². The second kappa shape index (κ2) is 3.89. The summed E-state index contributed by atoms with van der Waals surface area (Å²) in [4.78, 5) is 9.34. The van der Waals surface area contributed by atoms with Crippen LogP contribution >= 0.6 is 11.3 Å². The fraction of sp³-hybridized carbons (Fsp3) is 0.250. The van der Waals surface area contributed by atoms with Gasteiger partial charge >= 0.3 is 0 Å². The van der Waals surface area contributed by atoms with E-state index in [0.717, 1.165) is 10.6 Å². The third-order valence-electron chi connectivity index (χ3n) is 2.04. The van der Waals surface area contributed by atoms with Crippen LogP contribution in [0, 0.1) is 13.8 Å². The Hall–Kier alpha value is -1.96. The highest BCUT2D eigenvalue weighted by Gasteiger charge is 2.10. The molecule has 0 aliphatic heterocycles. The first-order chi connectivity index (χ1) is 7.61. The first-order valence-electron chi connectivity index (χ1n) is 4.45. The van der Waals surface area contributed by atoms with E-state index in [9.17, 15) is 0 Å². The number of amidine groups is 1. The molecule has 0 spiro atoms. The van der Waals surface area contributed by atoms with E-state index in [4.69, 9.17) is 10.9 Å². The molecule has 0 unspecified atom stereocenters. The Bertz CT molecular complexity index is 523. The van der Waals surface area contributed by atoms with Gasteiger partial charge in [0.25, 0.3) is 0 Å². The number of hydrogen-bond donors (Lipinski definition) is 2. The average molecular weight is 238 g/mol. The van der Waals surface area contributed by atoms with Gasteiger partial charge < -0.3 is 10.9 Å². The van der Waals surface area contributed by atoms with Gasteiger partial charge in [0.15, 0.2) is 0 Å². The maximum atomic E-state index is 8.48. The Morgan fingerprint density at radius 3 is 2.88 bits per heavy atom. The second-order valence-corrected chi connectivity index (χ2v) is 4.32. The summed E-state index contributed by atoms with van der Waals surface area (Å²) >= 11 is 1.51. The zero-order valence-electron chi connectivity index (χ0n) is 8.75. The van der Waals surface area contributed by atoms with Crippen LogP contribution in [0.25, 0.3) is 5.13 Å². The number of rotatable bonds is 2. The molecule has 84 valence electrons. The van der Waals surface area contributed by atoms with Crippen LogP contribution < -0.4 is 5.73 Å². The molecule has 0 atom stereocenters. The van der Waals surface area contributed by atoms with Crippen molar-refractivity contribution < 1.29 is 5.21 Å². The van der Waals surface area contributed by atoms with Gasteiger partial charge in [-0.1, -0.05) is 16.5 Å². The maximum Gasteiger partial charge on any atom is 0.220 e. The molecule has 0 aliphatic rings. The Morgan fingerprint density at radius 2 is 2.31 bits per heavy atom. The van der Waals surface area contributed by atoms with Crippen molar-refractivity contribution in [3.63, 3.8) is 0 Å². The van der Waals surface area contributed by atoms with Gasteiger partial charge in [0.1, 0.15) is 6.33 Å². The van der Waals surface area contributed by atoms with E-state index in [1.54, 1.807) is 0 Å².